The molecule has 2 aromatic heterocycles. The number of aryl methyl sites for hydroxylation is 2. The van der Waals surface area contributed by atoms with E-state index >= 15 is 0 Å². The van der Waals surface area contributed by atoms with Crippen molar-refractivity contribution in [1.82, 2.24) is 9.55 Å². The van der Waals surface area contributed by atoms with Gasteiger partial charge in [0.1, 0.15) is 11.0 Å². The van der Waals surface area contributed by atoms with Gasteiger partial charge < -0.3 is 14.1 Å². The molecule has 0 fully saturated rings. The molecule has 1 aliphatic heterocycles. The van der Waals surface area contributed by atoms with Gasteiger partial charge in [-0.2, -0.15) is 13.7 Å². The lowest BCUT2D eigenvalue weighted by Gasteiger charge is -2.22. The van der Waals surface area contributed by atoms with Gasteiger partial charge in [0.05, 0.1) is 22.5 Å². The average Bonchev–Trinajstić information content (AvgIpc) is 3.19. The molecule has 0 spiro atoms. The van der Waals surface area contributed by atoms with Crippen molar-refractivity contribution in [2.75, 3.05) is 5.32 Å². The Morgan fingerprint density at radius 3 is 2.64 bits per heavy atom. The predicted molar refractivity (Wildman–Crippen MR) is 122 cm³/mol. The minimum atomic E-state index is -4.16. The second-order valence-corrected chi connectivity index (χ2v) is 9.20. The maximum Gasteiger partial charge on any atom is 0.339 e. The van der Waals surface area contributed by atoms with Crippen LogP contribution in [0.3, 0.4) is 0 Å². The first-order chi connectivity index (χ1) is 15.9. The van der Waals surface area contributed by atoms with E-state index in [1.807, 2.05) is 28.8 Å². The number of benzene rings is 2. The quantitative estimate of drug-likeness (QED) is 0.465. The maximum atomic E-state index is 13.0. The summed E-state index contributed by atoms with van der Waals surface area (Å²) in [7, 11) is -4.16. The number of fused-ring (bicyclic) bond motifs is 4. The fourth-order valence-electron chi connectivity index (χ4n) is 4.09. The molecule has 0 saturated heterocycles. The molecule has 164 valence electrons. The number of aromatic nitrogens is 2. The lowest BCUT2D eigenvalue weighted by Crippen LogP contribution is -2.15. The third-order valence-corrected chi connectivity index (χ3v) is 6.74. The molecule has 5 rings (SSSR count). The second-order valence-electron chi connectivity index (χ2n) is 7.65. The fourth-order valence-corrected chi connectivity index (χ4v) is 5.03. The van der Waals surface area contributed by atoms with E-state index in [4.69, 9.17) is 9.17 Å². The van der Waals surface area contributed by atoms with Crippen molar-refractivity contribution in [2.45, 2.75) is 24.8 Å². The highest BCUT2D eigenvalue weighted by Gasteiger charge is 2.29. The Bertz CT molecular complexity index is 1560. The molecule has 0 saturated carbocycles. The molecule has 0 atom stereocenters. The molecule has 33 heavy (non-hydrogen) atoms. The summed E-state index contributed by atoms with van der Waals surface area (Å²) >= 11 is 0. The Morgan fingerprint density at radius 1 is 1.15 bits per heavy atom. The van der Waals surface area contributed by atoms with Crippen LogP contribution >= 0.6 is 0 Å². The van der Waals surface area contributed by atoms with Crippen LogP contribution in [0.25, 0.3) is 22.2 Å². The van der Waals surface area contributed by atoms with Crippen molar-refractivity contribution < 1.29 is 17.4 Å². The van der Waals surface area contributed by atoms with Gasteiger partial charge in [-0.1, -0.05) is 18.2 Å². The fraction of sp³-hybridized carbons (Fsp3) is 0.125. The van der Waals surface area contributed by atoms with Gasteiger partial charge in [-0.05, 0) is 30.3 Å². The Labute approximate surface area is 190 Å². The van der Waals surface area contributed by atoms with Gasteiger partial charge in [-0.3, -0.25) is 9.78 Å². The molecule has 9 heteroatoms. The van der Waals surface area contributed by atoms with Crippen molar-refractivity contribution >= 4 is 32.6 Å². The number of pyridine rings is 1. The number of anilines is 1. The lowest BCUT2D eigenvalue weighted by molar-refractivity contribution is -0.114. The molecule has 0 radical (unpaired) electrons. The molecule has 3 heterocycles. The first-order valence-electron chi connectivity index (χ1n) is 10.2. The van der Waals surface area contributed by atoms with Crippen LogP contribution in [0.4, 0.5) is 5.69 Å². The number of carbonyl (C=O) groups excluding carboxylic acids is 1. The van der Waals surface area contributed by atoms with E-state index in [0.717, 1.165) is 11.2 Å². The van der Waals surface area contributed by atoms with Gasteiger partial charge >= 0.3 is 10.1 Å². The number of hydrogen-bond donors (Lipinski definition) is 1. The van der Waals surface area contributed by atoms with Gasteiger partial charge in [-0.15, -0.1) is 0 Å². The van der Waals surface area contributed by atoms with E-state index in [9.17, 15) is 18.5 Å². The second kappa shape index (κ2) is 7.76. The normalized spacial score (nSPS) is 12.5. The Hall–Kier alpha value is -4.16. The van der Waals surface area contributed by atoms with Crippen LogP contribution in [0.5, 0.6) is 5.75 Å². The van der Waals surface area contributed by atoms with Crippen LogP contribution in [0.15, 0.2) is 65.7 Å². The zero-order valence-electron chi connectivity index (χ0n) is 17.6. The maximum absolute atomic E-state index is 13.0. The largest absolute Gasteiger partial charge is 0.377 e. The average molecular weight is 458 g/mol. The van der Waals surface area contributed by atoms with Crippen molar-refractivity contribution in [3.05, 3.63) is 72.1 Å². The molecule has 0 aliphatic carbocycles. The van der Waals surface area contributed by atoms with E-state index in [0.29, 0.717) is 40.9 Å². The smallest absolute Gasteiger partial charge is 0.339 e. The molecule has 2 aromatic carbocycles. The minimum absolute atomic E-state index is 0.0512. The summed E-state index contributed by atoms with van der Waals surface area (Å²) < 4.78 is 33.4. The molecule has 0 bridgehead atoms. The highest BCUT2D eigenvalue weighted by molar-refractivity contribution is 7.87. The van der Waals surface area contributed by atoms with E-state index < -0.39 is 10.1 Å². The first kappa shape index (κ1) is 20.7. The monoisotopic (exact) mass is 458 g/mol. The third-order valence-electron chi connectivity index (χ3n) is 5.49. The minimum Gasteiger partial charge on any atom is -0.377 e. The number of amides is 1. The Kier molecular flexibility index (Phi) is 4.87. The topological polar surface area (TPSA) is 114 Å². The lowest BCUT2D eigenvalue weighted by atomic mass is 9.95. The van der Waals surface area contributed by atoms with Gasteiger partial charge in [0, 0.05) is 48.8 Å². The molecule has 4 aromatic rings. The number of para-hydroxylation sites is 1. The molecule has 1 N–H and O–H groups in total. The van der Waals surface area contributed by atoms with Crippen LogP contribution in [0.1, 0.15) is 18.2 Å². The zero-order chi connectivity index (χ0) is 23.2. The SMILES string of the molecule is CC(=O)Nc1ccc(S(=O)(=O)Oc2ccn3c2-c2c(nc4ccccc4c2C#N)CC3)cc1. The summed E-state index contributed by atoms with van der Waals surface area (Å²) in [4.78, 5) is 15.9. The zero-order valence-corrected chi connectivity index (χ0v) is 18.4. The number of nitriles is 1. The summed E-state index contributed by atoms with van der Waals surface area (Å²) in [5.41, 5.74) is 3.49. The number of nitrogens with one attached hydrogen (secondary N) is 1. The number of carbonyl (C=O) groups is 1. The molecule has 1 aliphatic rings. The van der Waals surface area contributed by atoms with Crippen LogP contribution in [-0.2, 0) is 27.9 Å². The van der Waals surface area contributed by atoms with E-state index in [2.05, 4.69) is 11.4 Å². The first-order valence-corrected chi connectivity index (χ1v) is 11.6. The van der Waals surface area contributed by atoms with Crippen molar-refractivity contribution in [2.24, 2.45) is 0 Å². The summed E-state index contributed by atoms with van der Waals surface area (Å²) in [5, 5.41) is 13.3. The van der Waals surface area contributed by atoms with Gasteiger partial charge in [-0.25, -0.2) is 0 Å². The molecule has 0 unspecified atom stereocenters. The van der Waals surface area contributed by atoms with Crippen molar-refractivity contribution in [3.8, 4) is 23.1 Å². The van der Waals surface area contributed by atoms with Gasteiger partial charge in [0.25, 0.3) is 0 Å². The number of nitrogens with zero attached hydrogens (tertiary/aromatic N) is 3. The Morgan fingerprint density at radius 2 is 1.91 bits per heavy atom. The van der Waals surface area contributed by atoms with E-state index in [1.54, 1.807) is 12.3 Å². The summed E-state index contributed by atoms with van der Waals surface area (Å²) in [6.45, 7) is 1.96. The van der Waals surface area contributed by atoms with Crippen molar-refractivity contribution in [1.29, 1.82) is 5.26 Å². The van der Waals surface area contributed by atoms with Crippen LogP contribution in [-0.4, -0.2) is 23.9 Å². The Balaban J connectivity index is 1.58. The van der Waals surface area contributed by atoms with E-state index in [-0.39, 0.29) is 16.6 Å². The van der Waals surface area contributed by atoms with Crippen LogP contribution in [0, 0.1) is 11.3 Å². The highest BCUT2D eigenvalue weighted by atomic mass is 32.2. The molecule has 1 amide bonds. The molecular formula is C24H18N4O4S. The predicted octanol–water partition coefficient (Wildman–Crippen LogP) is 3.86. The highest BCUT2D eigenvalue weighted by Crippen LogP contribution is 2.41. The summed E-state index contributed by atoms with van der Waals surface area (Å²) in [5.74, 6) is -0.120. The summed E-state index contributed by atoms with van der Waals surface area (Å²) in [6.07, 6.45) is 2.37. The molecular weight excluding hydrogens is 440 g/mol. The van der Waals surface area contributed by atoms with E-state index in [1.165, 1.54) is 31.2 Å². The number of rotatable bonds is 4. The van der Waals surface area contributed by atoms with Crippen LogP contribution < -0.4 is 9.50 Å². The van der Waals surface area contributed by atoms with Gasteiger partial charge in [0.2, 0.25) is 5.91 Å². The molecule has 8 nitrogen and oxygen atoms in total. The van der Waals surface area contributed by atoms with Gasteiger partial charge in [0.15, 0.2) is 5.75 Å². The number of hydrogen-bond acceptors (Lipinski definition) is 6. The third kappa shape index (κ3) is 3.60. The summed E-state index contributed by atoms with van der Waals surface area (Å²) in [6, 6.07) is 17.0. The van der Waals surface area contributed by atoms with Crippen molar-refractivity contribution in [3.63, 3.8) is 0 Å². The van der Waals surface area contributed by atoms with Crippen LogP contribution in [0.2, 0.25) is 0 Å². The standard InChI is InChI=1S/C24H18N4O4S/c1-15(29)26-16-6-8-17(9-7-16)33(30,31)32-22-11-13-28-12-10-21-23(24(22)28)19(14-25)18-4-2-3-5-20(18)27-21/h2-9,11,13H,10,12H2,1H3,(H,26,29).